The molecule has 28 heavy (non-hydrogen) atoms. The van der Waals surface area contributed by atoms with Gasteiger partial charge in [-0.3, -0.25) is 14.4 Å². The van der Waals surface area contributed by atoms with Crippen molar-refractivity contribution < 1.29 is 19.5 Å². The molecule has 0 bridgehead atoms. The summed E-state index contributed by atoms with van der Waals surface area (Å²) in [5, 5.41) is 9.10. The molecule has 3 atom stereocenters. The molecule has 0 radical (unpaired) electrons. The second kappa shape index (κ2) is 11.5. The molecule has 0 spiro atoms. The summed E-state index contributed by atoms with van der Waals surface area (Å²) in [6, 6.07) is 0. The Labute approximate surface area is 170 Å². The Hall–Kier alpha value is -1.45. The Morgan fingerprint density at radius 3 is 2.43 bits per heavy atom. The zero-order valence-corrected chi connectivity index (χ0v) is 17.7. The third-order valence-corrected chi connectivity index (χ3v) is 6.87. The van der Waals surface area contributed by atoms with Crippen molar-refractivity contribution in [1.82, 2.24) is 0 Å². The fraction of sp³-hybridized carbons (Fsp3) is 0.792. The third kappa shape index (κ3) is 6.86. The highest BCUT2D eigenvalue weighted by Crippen LogP contribution is 2.36. The van der Waals surface area contributed by atoms with Crippen LogP contribution in [0.5, 0.6) is 0 Å². The van der Waals surface area contributed by atoms with Crippen LogP contribution >= 0.6 is 0 Å². The number of hydrogen-bond acceptors (Lipinski definition) is 3. The van der Waals surface area contributed by atoms with Crippen LogP contribution in [-0.4, -0.2) is 22.6 Å². The molecule has 4 heteroatoms. The van der Waals surface area contributed by atoms with Crippen molar-refractivity contribution in [2.45, 2.75) is 90.9 Å². The van der Waals surface area contributed by atoms with Crippen LogP contribution in [0.4, 0.5) is 0 Å². The summed E-state index contributed by atoms with van der Waals surface area (Å²) in [7, 11) is 0. The van der Waals surface area contributed by atoms with Gasteiger partial charge in [0.05, 0.1) is 5.92 Å². The van der Waals surface area contributed by atoms with Gasteiger partial charge in [0.15, 0.2) is 0 Å². The number of carboxylic acid groups (broad SMARTS) is 1. The topological polar surface area (TPSA) is 71.4 Å². The highest BCUT2D eigenvalue weighted by molar-refractivity contribution is 5.90. The Bertz CT molecular complexity index is 557. The standard InChI is InChI=1S/C24H38O4/c1-3-4-7-17(2)8-5-6-9-18-14-15-22(25)21(18)16-23(26)19-10-12-20(13-11-19)24(27)28/h6,9,17-21H,3-5,7-8,10-16H2,1-2H3,(H,27,28)/b9-6+/t17-,18-,19?,20?,21+/m0/s1. The predicted molar refractivity (Wildman–Crippen MR) is 111 cm³/mol. The first-order valence-electron chi connectivity index (χ1n) is 11.4. The number of aliphatic carboxylic acids is 1. The first-order valence-corrected chi connectivity index (χ1v) is 11.4. The minimum atomic E-state index is -0.744. The number of Topliss-reactive ketones (excluding diaryl/α,β-unsaturated/α-hetero) is 2. The van der Waals surface area contributed by atoms with Gasteiger partial charge in [-0.25, -0.2) is 0 Å². The van der Waals surface area contributed by atoms with Crippen LogP contribution in [0.2, 0.25) is 0 Å². The molecule has 158 valence electrons. The van der Waals surface area contributed by atoms with Crippen molar-refractivity contribution in [3.05, 3.63) is 12.2 Å². The summed E-state index contributed by atoms with van der Waals surface area (Å²) in [4.78, 5) is 36.1. The van der Waals surface area contributed by atoms with Gasteiger partial charge < -0.3 is 5.11 Å². The van der Waals surface area contributed by atoms with Gasteiger partial charge in [-0.05, 0) is 56.8 Å². The number of ketones is 2. The Balaban J connectivity index is 1.79. The van der Waals surface area contributed by atoms with E-state index < -0.39 is 5.97 Å². The van der Waals surface area contributed by atoms with E-state index in [9.17, 15) is 14.4 Å². The van der Waals surface area contributed by atoms with Crippen molar-refractivity contribution in [3.63, 3.8) is 0 Å². The van der Waals surface area contributed by atoms with Gasteiger partial charge in [0.25, 0.3) is 0 Å². The molecule has 0 unspecified atom stereocenters. The summed E-state index contributed by atoms with van der Waals surface area (Å²) < 4.78 is 0. The maximum Gasteiger partial charge on any atom is 0.306 e. The molecular formula is C24H38O4. The lowest BCUT2D eigenvalue weighted by atomic mass is 9.77. The van der Waals surface area contributed by atoms with Crippen LogP contribution in [0, 0.1) is 29.6 Å². The molecule has 0 heterocycles. The zero-order chi connectivity index (χ0) is 20.5. The summed E-state index contributed by atoms with van der Waals surface area (Å²) >= 11 is 0. The summed E-state index contributed by atoms with van der Waals surface area (Å²) in [6.07, 6.45) is 14.8. The number of hydrogen-bond donors (Lipinski definition) is 1. The lowest BCUT2D eigenvalue weighted by molar-refractivity contribution is -0.144. The van der Waals surface area contributed by atoms with Crippen molar-refractivity contribution in [2.75, 3.05) is 0 Å². The van der Waals surface area contributed by atoms with Gasteiger partial charge in [0.1, 0.15) is 11.6 Å². The molecule has 2 rings (SSSR count). The predicted octanol–water partition coefficient (Wildman–Crippen LogP) is 5.59. The van der Waals surface area contributed by atoms with Crippen molar-refractivity contribution in [1.29, 1.82) is 0 Å². The molecule has 1 N–H and O–H groups in total. The van der Waals surface area contributed by atoms with Crippen LogP contribution in [-0.2, 0) is 14.4 Å². The average molecular weight is 391 g/mol. The number of carboxylic acids is 1. The minimum absolute atomic E-state index is 0.0481. The molecule has 0 aromatic heterocycles. The van der Waals surface area contributed by atoms with E-state index in [1.54, 1.807) is 0 Å². The summed E-state index contributed by atoms with van der Waals surface area (Å²) in [5.41, 5.74) is 0. The monoisotopic (exact) mass is 390 g/mol. The molecule has 2 fully saturated rings. The molecular weight excluding hydrogens is 352 g/mol. The Morgan fingerprint density at radius 2 is 1.79 bits per heavy atom. The van der Waals surface area contributed by atoms with Crippen LogP contribution in [0.1, 0.15) is 90.9 Å². The normalized spacial score (nSPS) is 29.3. The number of carbonyl (C=O) groups is 3. The number of unbranched alkanes of at least 4 members (excludes halogenated alkanes) is 1. The fourth-order valence-electron chi connectivity index (χ4n) is 4.82. The molecule has 0 aromatic carbocycles. The zero-order valence-electron chi connectivity index (χ0n) is 17.7. The number of carbonyl (C=O) groups excluding carboxylic acids is 2. The van der Waals surface area contributed by atoms with Gasteiger partial charge in [-0.1, -0.05) is 45.3 Å². The molecule has 2 aliphatic carbocycles. The van der Waals surface area contributed by atoms with Gasteiger partial charge >= 0.3 is 5.97 Å². The van der Waals surface area contributed by atoms with Crippen LogP contribution in [0.3, 0.4) is 0 Å². The maximum absolute atomic E-state index is 12.7. The van der Waals surface area contributed by atoms with Crippen molar-refractivity contribution in [3.8, 4) is 0 Å². The maximum atomic E-state index is 12.7. The first kappa shape index (κ1) is 22.8. The SMILES string of the molecule is CCCC[C@H](C)CC/C=C/[C@H]1CCC(=O)[C@@H]1CC(=O)C1CCC(C(=O)O)CC1. The fourth-order valence-corrected chi connectivity index (χ4v) is 4.82. The van der Waals surface area contributed by atoms with E-state index in [1.807, 2.05) is 0 Å². The average Bonchev–Trinajstić information content (AvgIpc) is 3.03. The molecule has 4 nitrogen and oxygen atoms in total. The summed E-state index contributed by atoms with van der Waals surface area (Å²) in [5.74, 6) is 0.116. The quantitative estimate of drug-likeness (QED) is 0.466. The van der Waals surface area contributed by atoms with E-state index in [0.29, 0.717) is 38.5 Å². The van der Waals surface area contributed by atoms with Crippen LogP contribution in [0.15, 0.2) is 12.2 Å². The van der Waals surface area contributed by atoms with Gasteiger partial charge in [-0.2, -0.15) is 0 Å². The minimum Gasteiger partial charge on any atom is -0.481 e. The van der Waals surface area contributed by atoms with Crippen molar-refractivity contribution >= 4 is 17.5 Å². The van der Waals surface area contributed by atoms with E-state index in [0.717, 1.165) is 18.8 Å². The van der Waals surface area contributed by atoms with E-state index in [1.165, 1.54) is 25.7 Å². The first-order chi connectivity index (χ1) is 13.4. The largest absolute Gasteiger partial charge is 0.481 e. The lowest BCUT2D eigenvalue weighted by Crippen LogP contribution is -2.28. The molecule has 2 aliphatic rings. The van der Waals surface area contributed by atoms with Crippen LogP contribution < -0.4 is 0 Å². The van der Waals surface area contributed by atoms with Crippen molar-refractivity contribution in [2.24, 2.45) is 29.6 Å². The smallest absolute Gasteiger partial charge is 0.306 e. The highest BCUT2D eigenvalue weighted by Gasteiger charge is 2.37. The molecule has 2 saturated carbocycles. The van der Waals surface area contributed by atoms with E-state index in [2.05, 4.69) is 26.0 Å². The van der Waals surface area contributed by atoms with E-state index >= 15 is 0 Å². The molecule has 0 amide bonds. The molecule has 0 saturated heterocycles. The Morgan fingerprint density at radius 1 is 1.11 bits per heavy atom. The van der Waals surface area contributed by atoms with Crippen LogP contribution in [0.25, 0.3) is 0 Å². The molecule has 0 aliphatic heterocycles. The molecule has 0 aromatic rings. The second-order valence-electron chi connectivity index (χ2n) is 9.09. The number of allylic oxidation sites excluding steroid dienone is 2. The van der Waals surface area contributed by atoms with Gasteiger partial charge in [-0.15, -0.1) is 0 Å². The summed E-state index contributed by atoms with van der Waals surface area (Å²) in [6.45, 7) is 4.53. The highest BCUT2D eigenvalue weighted by atomic mass is 16.4. The van der Waals surface area contributed by atoms with E-state index in [-0.39, 0.29) is 35.2 Å². The lowest BCUT2D eigenvalue weighted by Gasteiger charge is -2.26. The third-order valence-electron chi connectivity index (χ3n) is 6.87. The van der Waals surface area contributed by atoms with Gasteiger partial charge in [0.2, 0.25) is 0 Å². The Kier molecular flexibility index (Phi) is 9.40. The van der Waals surface area contributed by atoms with Gasteiger partial charge in [0, 0.05) is 24.7 Å². The second-order valence-corrected chi connectivity index (χ2v) is 9.09. The van der Waals surface area contributed by atoms with E-state index in [4.69, 9.17) is 5.11 Å². The number of rotatable bonds is 11.